The summed E-state index contributed by atoms with van der Waals surface area (Å²) in [6.45, 7) is 3.43. The number of rotatable bonds is 5. The third-order valence-corrected chi connectivity index (χ3v) is 5.08. The van der Waals surface area contributed by atoms with Gasteiger partial charge in [-0.3, -0.25) is 9.78 Å². The van der Waals surface area contributed by atoms with E-state index in [1.54, 1.807) is 32.2 Å². The van der Waals surface area contributed by atoms with Crippen molar-refractivity contribution in [2.24, 2.45) is 0 Å². The molecule has 1 aromatic carbocycles. The van der Waals surface area contributed by atoms with Gasteiger partial charge in [-0.25, -0.2) is 13.1 Å². The number of aromatic nitrogens is 2. The quantitative estimate of drug-likeness (QED) is 0.712. The van der Waals surface area contributed by atoms with Crippen molar-refractivity contribution in [3.63, 3.8) is 0 Å². The molecule has 134 valence electrons. The highest BCUT2D eigenvalue weighted by molar-refractivity contribution is 7.92. The number of nitrogens with zero attached hydrogens (tertiary/aromatic N) is 2. The molecule has 0 aliphatic heterocycles. The van der Waals surface area contributed by atoms with Crippen LogP contribution in [0.25, 0.3) is 0 Å². The zero-order valence-corrected chi connectivity index (χ0v) is 14.9. The number of carbonyl (C=O) groups is 1. The Balaban J connectivity index is 1.74. The third kappa shape index (κ3) is 3.72. The third-order valence-electron chi connectivity index (χ3n) is 3.73. The highest BCUT2D eigenvalue weighted by atomic mass is 32.2. The summed E-state index contributed by atoms with van der Waals surface area (Å²) in [4.78, 5) is 16.0. The number of carbonyl (C=O) groups excluding carboxylic acids is 1. The minimum absolute atomic E-state index is 0.0327. The van der Waals surface area contributed by atoms with Gasteiger partial charge in [-0.05, 0) is 50.2 Å². The summed E-state index contributed by atoms with van der Waals surface area (Å²) in [5, 5.41) is 6.39. The molecule has 26 heavy (non-hydrogen) atoms. The predicted molar refractivity (Wildman–Crippen MR) is 95.4 cm³/mol. The first-order valence-corrected chi connectivity index (χ1v) is 9.12. The number of aryl methyl sites for hydroxylation is 1. The molecular formula is C17H16N4O4S. The van der Waals surface area contributed by atoms with Gasteiger partial charge in [0.15, 0.2) is 0 Å². The van der Waals surface area contributed by atoms with E-state index >= 15 is 0 Å². The van der Waals surface area contributed by atoms with Crippen LogP contribution in [0.5, 0.6) is 0 Å². The Morgan fingerprint density at radius 2 is 1.85 bits per heavy atom. The van der Waals surface area contributed by atoms with Crippen LogP contribution in [0.15, 0.2) is 58.2 Å². The van der Waals surface area contributed by atoms with E-state index in [1.807, 2.05) is 0 Å². The van der Waals surface area contributed by atoms with Gasteiger partial charge >= 0.3 is 0 Å². The fourth-order valence-electron chi connectivity index (χ4n) is 2.11. The van der Waals surface area contributed by atoms with E-state index in [1.165, 1.54) is 30.5 Å². The average Bonchev–Trinajstić information content (AvgIpc) is 2.94. The van der Waals surface area contributed by atoms with E-state index in [0.717, 1.165) is 0 Å². The molecular weight excluding hydrogens is 356 g/mol. The topological polar surface area (TPSA) is 114 Å². The lowest BCUT2D eigenvalue weighted by atomic mass is 10.2. The van der Waals surface area contributed by atoms with Crippen molar-refractivity contribution in [3.05, 3.63) is 65.6 Å². The van der Waals surface area contributed by atoms with Crippen LogP contribution >= 0.6 is 0 Å². The second-order valence-electron chi connectivity index (χ2n) is 5.55. The molecule has 8 nitrogen and oxygen atoms in total. The number of nitrogens with one attached hydrogen (secondary N) is 2. The van der Waals surface area contributed by atoms with Crippen LogP contribution < -0.4 is 10.0 Å². The van der Waals surface area contributed by atoms with Gasteiger partial charge in [0.05, 0.1) is 16.2 Å². The van der Waals surface area contributed by atoms with Crippen molar-refractivity contribution in [1.82, 2.24) is 10.1 Å². The predicted octanol–water partition coefficient (Wildman–Crippen LogP) is 2.74. The summed E-state index contributed by atoms with van der Waals surface area (Å²) < 4.78 is 32.2. The van der Waals surface area contributed by atoms with Gasteiger partial charge in [0.25, 0.3) is 15.9 Å². The summed E-state index contributed by atoms with van der Waals surface area (Å²) in [7, 11) is -3.83. The van der Waals surface area contributed by atoms with E-state index in [9.17, 15) is 13.2 Å². The van der Waals surface area contributed by atoms with Crippen LogP contribution in [0.2, 0.25) is 0 Å². The van der Waals surface area contributed by atoms with Crippen LogP contribution in [0, 0.1) is 13.8 Å². The number of pyridine rings is 1. The minimum Gasteiger partial charge on any atom is -0.337 e. The monoisotopic (exact) mass is 372 g/mol. The lowest BCUT2D eigenvalue weighted by molar-refractivity contribution is 0.102. The maximum atomic E-state index is 12.4. The van der Waals surface area contributed by atoms with Crippen LogP contribution in [0.1, 0.15) is 21.6 Å². The Kier molecular flexibility index (Phi) is 4.72. The van der Waals surface area contributed by atoms with Gasteiger partial charge in [-0.2, -0.15) is 0 Å². The lowest BCUT2D eigenvalue weighted by Gasteiger charge is -2.08. The van der Waals surface area contributed by atoms with E-state index < -0.39 is 10.0 Å². The Bertz CT molecular complexity index is 1030. The molecule has 0 spiro atoms. The molecule has 0 saturated heterocycles. The van der Waals surface area contributed by atoms with Gasteiger partial charge < -0.3 is 9.84 Å². The average molecular weight is 372 g/mol. The lowest BCUT2D eigenvalue weighted by Crippen LogP contribution is -2.14. The Labute approximate surface area is 150 Å². The maximum Gasteiger partial charge on any atom is 0.264 e. The van der Waals surface area contributed by atoms with Gasteiger partial charge in [-0.15, -0.1) is 0 Å². The molecule has 2 heterocycles. The molecule has 0 saturated carbocycles. The van der Waals surface area contributed by atoms with Crippen molar-refractivity contribution in [2.45, 2.75) is 18.7 Å². The molecule has 0 radical (unpaired) electrons. The van der Waals surface area contributed by atoms with Crippen LogP contribution in [0.4, 0.5) is 11.6 Å². The zero-order chi connectivity index (χ0) is 18.7. The van der Waals surface area contributed by atoms with Gasteiger partial charge in [0, 0.05) is 23.6 Å². The summed E-state index contributed by atoms with van der Waals surface area (Å²) in [5.41, 5.74) is 2.09. The second kappa shape index (κ2) is 6.96. The molecule has 0 aliphatic carbocycles. The summed E-state index contributed by atoms with van der Waals surface area (Å²) >= 11 is 0. The van der Waals surface area contributed by atoms with E-state index in [2.05, 4.69) is 20.2 Å². The Hall–Kier alpha value is -3.20. The standard InChI is InChI=1S/C17H16N4O4S/c1-11-12(2)20-25-17(11)21-26(23,24)15-7-5-14(6-8-15)19-16(22)13-4-3-9-18-10-13/h3-10,21H,1-2H3,(H,19,22). The van der Waals surface area contributed by atoms with Crippen molar-refractivity contribution < 1.29 is 17.7 Å². The first kappa shape index (κ1) is 17.6. The van der Waals surface area contributed by atoms with E-state index in [0.29, 0.717) is 22.5 Å². The molecule has 9 heteroatoms. The molecule has 0 atom stereocenters. The van der Waals surface area contributed by atoms with Gasteiger partial charge in [0.2, 0.25) is 5.88 Å². The molecule has 0 unspecified atom stereocenters. The van der Waals surface area contributed by atoms with Crippen LogP contribution in [-0.2, 0) is 10.0 Å². The second-order valence-corrected chi connectivity index (χ2v) is 7.23. The summed E-state index contributed by atoms with van der Waals surface area (Å²) in [6, 6.07) is 9.07. The highest BCUT2D eigenvalue weighted by Crippen LogP contribution is 2.22. The van der Waals surface area contributed by atoms with E-state index in [-0.39, 0.29) is 16.7 Å². The summed E-state index contributed by atoms with van der Waals surface area (Å²) in [5.74, 6) is -0.254. The van der Waals surface area contributed by atoms with Crippen molar-refractivity contribution in [1.29, 1.82) is 0 Å². The molecule has 3 rings (SSSR count). The molecule has 3 aromatic rings. The summed E-state index contributed by atoms with van der Waals surface area (Å²) in [6.07, 6.45) is 3.01. The van der Waals surface area contributed by atoms with Crippen molar-refractivity contribution in [3.8, 4) is 0 Å². The van der Waals surface area contributed by atoms with Crippen molar-refractivity contribution in [2.75, 3.05) is 10.0 Å². The van der Waals surface area contributed by atoms with Crippen molar-refractivity contribution >= 4 is 27.5 Å². The van der Waals surface area contributed by atoms with Gasteiger partial charge in [-0.1, -0.05) is 5.16 Å². The number of amides is 1. The number of sulfonamides is 1. The first-order chi connectivity index (χ1) is 12.4. The highest BCUT2D eigenvalue weighted by Gasteiger charge is 2.19. The SMILES string of the molecule is Cc1noc(NS(=O)(=O)c2ccc(NC(=O)c3cccnc3)cc2)c1C. The molecule has 1 amide bonds. The zero-order valence-electron chi connectivity index (χ0n) is 14.1. The molecule has 0 fully saturated rings. The largest absolute Gasteiger partial charge is 0.337 e. The molecule has 2 aromatic heterocycles. The molecule has 2 N–H and O–H groups in total. The number of hydrogen-bond acceptors (Lipinski definition) is 6. The van der Waals surface area contributed by atoms with Crippen LogP contribution in [-0.4, -0.2) is 24.5 Å². The van der Waals surface area contributed by atoms with E-state index in [4.69, 9.17) is 4.52 Å². The normalized spacial score (nSPS) is 11.2. The fourth-order valence-corrected chi connectivity index (χ4v) is 3.16. The van der Waals surface area contributed by atoms with Gasteiger partial charge in [0.1, 0.15) is 0 Å². The Morgan fingerprint density at radius 1 is 1.12 bits per heavy atom. The number of hydrogen-bond donors (Lipinski definition) is 2. The Morgan fingerprint density at radius 3 is 2.42 bits per heavy atom. The first-order valence-electron chi connectivity index (χ1n) is 7.64. The van der Waals surface area contributed by atoms with Crippen LogP contribution in [0.3, 0.4) is 0 Å². The molecule has 0 bridgehead atoms. The number of benzene rings is 1. The molecule has 0 aliphatic rings. The number of anilines is 2. The maximum absolute atomic E-state index is 12.4. The fraction of sp³-hybridized carbons (Fsp3) is 0.118. The smallest absolute Gasteiger partial charge is 0.264 e. The minimum atomic E-state index is -3.83.